The van der Waals surface area contributed by atoms with Gasteiger partial charge in [0.1, 0.15) is 0 Å². The van der Waals surface area contributed by atoms with Gasteiger partial charge in [-0.15, -0.1) is 0 Å². The molecule has 5 nitrogen and oxygen atoms in total. The second-order valence-electron chi connectivity index (χ2n) is 7.12. The van der Waals surface area contributed by atoms with Gasteiger partial charge in [-0.25, -0.2) is 0 Å². The van der Waals surface area contributed by atoms with E-state index in [4.69, 9.17) is 28.9 Å². The molecule has 0 spiro atoms. The summed E-state index contributed by atoms with van der Waals surface area (Å²) in [5.74, 6) is 0.668. The molecule has 1 aliphatic heterocycles. The van der Waals surface area contributed by atoms with Crippen molar-refractivity contribution < 1.29 is 5.11 Å². The molecule has 7 heteroatoms. The van der Waals surface area contributed by atoms with Crippen LogP contribution in [0.1, 0.15) is 18.4 Å². The van der Waals surface area contributed by atoms with Gasteiger partial charge < -0.3 is 10.8 Å². The third-order valence-corrected chi connectivity index (χ3v) is 6.04. The number of piperidine rings is 1. The normalized spacial score (nSPS) is 16.3. The van der Waals surface area contributed by atoms with Crippen LogP contribution in [0, 0.1) is 5.92 Å². The molecule has 142 valence electrons. The predicted octanol–water partition coefficient (Wildman–Crippen LogP) is 4.21. The van der Waals surface area contributed by atoms with Gasteiger partial charge in [0.2, 0.25) is 0 Å². The fourth-order valence-corrected chi connectivity index (χ4v) is 4.02. The highest BCUT2D eigenvalue weighted by Crippen LogP contribution is 2.32. The fourth-order valence-electron chi connectivity index (χ4n) is 3.70. The summed E-state index contributed by atoms with van der Waals surface area (Å²) in [6, 6.07) is 11.5. The zero-order valence-corrected chi connectivity index (χ0v) is 16.4. The molecular formula is C20H22Cl2N4O. The number of fused-ring (bicyclic) bond motifs is 1. The summed E-state index contributed by atoms with van der Waals surface area (Å²) in [5, 5.41) is 11.1. The monoisotopic (exact) mass is 404 g/mol. The first-order chi connectivity index (χ1) is 13.0. The third kappa shape index (κ3) is 3.78. The Morgan fingerprint density at radius 1 is 1.07 bits per heavy atom. The third-order valence-electron chi connectivity index (χ3n) is 5.32. The van der Waals surface area contributed by atoms with Gasteiger partial charge in [0, 0.05) is 6.54 Å². The zero-order chi connectivity index (χ0) is 19.0. The van der Waals surface area contributed by atoms with E-state index in [0.717, 1.165) is 37.4 Å². The minimum atomic E-state index is -0.0834. The van der Waals surface area contributed by atoms with E-state index in [1.165, 1.54) is 18.4 Å². The molecule has 1 saturated heterocycles. The van der Waals surface area contributed by atoms with E-state index in [9.17, 15) is 5.11 Å². The van der Waals surface area contributed by atoms with Crippen LogP contribution in [0.3, 0.4) is 0 Å². The minimum absolute atomic E-state index is 0.0834. The number of hydrogen-bond donors (Lipinski definition) is 2. The maximum Gasteiger partial charge on any atom is 0.299 e. The standard InChI is InChI=1S/C20H22Cl2N4O/c21-16-9-18-19(10-17(16)22)26(20(27)24-18)15-3-1-14(2-4-15)12-25-7-5-13(11-23)6-8-25/h1-4,9-10,13H,5-8,11-12,23H2,(H,24,27). The van der Waals surface area contributed by atoms with Crippen LogP contribution in [0.4, 0.5) is 0 Å². The maximum atomic E-state index is 10.3. The molecule has 0 amide bonds. The number of aromatic hydroxyl groups is 1. The number of halogens is 2. The smallest absolute Gasteiger partial charge is 0.299 e. The summed E-state index contributed by atoms with van der Waals surface area (Å²) in [6.45, 7) is 3.90. The van der Waals surface area contributed by atoms with E-state index in [1.807, 2.05) is 12.1 Å². The van der Waals surface area contributed by atoms with Crippen LogP contribution in [0.25, 0.3) is 16.7 Å². The van der Waals surface area contributed by atoms with Crippen LogP contribution in [0.15, 0.2) is 36.4 Å². The molecule has 0 saturated carbocycles. The number of benzene rings is 2. The van der Waals surface area contributed by atoms with Crippen LogP contribution in [0.2, 0.25) is 10.0 Å². The van der Waals surface area contributed by atoms with Crippen LogP contribution in [-0.4, -0.2) is 39.2 Å². The van der Waals surface area contributed by atoms with Gasteiger partial charge in [-0.3, -0.25) is 9.47 Å². The zero-order valence-electron chi connectivity index (χ0n) is 14.9. The summed E-state index contributed by atoms with van der Waals surface area (Å²) in [6.07, 6.45) is 2.35. The minimum Gasteiger partial charge on any atom is -0.480 e. The van der Waals surface area contributed by atoms with E-state index >= 15 is 0 Å². The van der Waals surface area contributed by atoms with E-state index in [2.05, 4.69) is 22.0 Å². The SMILES string of the molecule is NCC1CCN(Cc2ccc(-n3c(O)nc4cc(Cl)c(Cl)cc43)cc2)CC1. The largest absolute Gasteiger partial charge is 0.480 e. The lowest BCUT2D eigenvalue weighted by molar-refractivity contribution is 0.180. The number of imidazole rings is 1. The molecule has 1 fully saturated rings. The highest BCUT2D eigenvalue weighted by Gasteiger charge is 2.18. The number of nitrogens with zero attached hydrogens (tertiary/aromatic N) is 3. The lowest BCUT2D eigenvalue weighted by Crippen LogP contribution is -2.35. The summed E-state index contributed by atoms with van der Waals surface area (Å²) in [5.41, 5.74) is 9.18. The lowest BCUT2D eigenvalue weighted by Gasteiger charge is -2.31. The molecule has 0 bridgehead atoms. The number of rotatable bonds is 4. The molecular weight excluding hydrogens is 383 g/mol. The second-order valence-corrected chi connectivity index (χ2v) is 7.94. The molecule has 0 radical (unpaired) electrons. The molecule has 2 aromatic carbocycles. The molecule has 3 aromatic rings. The van der Waals surface area contributed by atoms with Crippen LogP contribution < -0.4 is 5.73 Å². The predicted molar refractivity (Wildman–Crippen MR) is 110 cm³/mol. The van der Waals surface area contributed by atoms with Crippen molar-refractivity contribution in [2.24, 2.45) is 11.7 Å². The van der Waals surface area contributed by atoms with Gasteiger partial charge in [-0.1, -0.05) is 35.3 Å². The number of nitrogens with two attached hydrogens (primary N) is 1. The topological polar surface area (TPSA) is 67.3 Å². The summed E-state index contributed by atoms with van der Waals surface area (Å²) < 4.78 is 1.67. The molecule has 0 aliphatic carbocycles. The van der Waals surface area contributed by atoms with Gasteiger partial charge in [-0.2, -0.15) is 4.98 Å². The maximum absolute atomic E-state index is 10.3. The summed E-state index contributed by atoms with van der Waals surface area (Å²) in [4.78, 5) is 6.64. The van der Waals surface area contributed by atoms with Crippen LogP contribution >= 0.6 is 23.2 Å². The molecule has 0 atom stereocenters. The number of aromatic nitrogens is 2. The molecule has 1 aromatic heterocycles. The molecule has 27 heavy (non-hydrogen) atoms. The van der Waals surface area contributed by atoms with Gasteiger partial charge in [-0.05, 0) is 68.2 Å². The van der Waals surface area contributed by atoms with Crippen molar-refractivity contribution in [1.82, 2.24) is 14.5 Å². The number of likely N-dealkylation sites (tertiary alicyclic amines) is 1. The first-order valence-electron chi connectivity index (χ1n) is 9.13. The van der Waals surface area contributed by atoms with Gasteiger partial charge in [0.15, 0.2) is 0 Å². The van der Waals surface area contributed by atoms with E-state index in [0.29, 0.717) is 21.5 Å². The van der Waals surface area contributed by atoms with Crippen molar-refractivity contribution in [3.8, 4) is 11.7 Å². The van der Waals surface area contributed by atoms with Crippen molar-refractivity contribution in [2.45, 2.75) is 19.4 Å². The Morgan fingerprint density at radius 2 is 1.74 bits per heavy atom. The van der Waals surface area contributed by atoms with Crippen molar-refractivity contribution in [2.75, 3.05) is 19.6 Å². The van der Waals surface area contributed by atoms with Crippen molar-refractivity contribution in [1.29, 1.82) is 0 Å². The average Bonchev–Trinajstić information content (AvgIpc) is 2.98. The first kappa shape index (κ1) is 18.6. The number of hydrogen-bond acceptors (Lipinski definition) is 4. The molecule has 2 heterocycles. The van der Waals surface area contributed by atoms with Gasteiger partial charge in [0.25, 0.3) is 6.01 Å². The van der Waals surface area contributed by atoms with Crippen LogP contribution in [-0.2, 0) is 6.54 Å². The van der Waals surface area contributed by atoms with E-state index in [1.54, 1.807) is 16.7 Å². The Labute approximate surface area is 168 Å². The summed E-state index contributed by atoms with van der Waals surface area (Å²) >= 11 is 12.2. The van der Waals surface area contributed by atoms with Crippen molar-refractivity contribution >= 4 is 34.2 Å². The highest BCUT2D eigenvalue weighted by atomic mass is 35.5. The second kappa shape index (κ2) is 7.68. The van der Waals surface area contributed by atoms with Crippen molar-refractivity contribution in [3.05, 3.63) is 52.0 Å². The Morgan fingerprint density at radius 3 is 2.41 bits per heavy atom. The Balaban J connectivity index is 1.55. The van der Waals surface area contributed by atoms with Crippen molar-refractivity contribution in [3.63, 3.8) is 0 Å². The molecule has 3 N–H and O–H groups in total. The van der Waals surface area contributed by atoms with Crippen LogP contribution in [0.5, 0.6) is 6.01 Å². The van der Waals surface area contributed by atoms with Gasteiger partial charge in [0.05, 0.1) is 26.8 Å². The Hall–Kier alpha value is -1.79. The molecule has 4 rings (SSSR count). The fraction of sp³-hybridized carbons (Fsp3) is 0.350. The van der Waals surface area contributed by atoms with E-state index in [-0.39, 0.29) is 6.01 Å². The quantitative estimate of drug-likeness (QED) is 0.683. The summed E-state index contributed by atoms with van der Waals surface area (Å²) in [7, 11) is 0. The Bertz CT molecular complexity index is 947. The van der Waals surface area contributed by atoms with Gasteiger partial charge >= 0.3 is 0 Å². The average molecular weight is 405 g/mol. The molecule has 1 aliphatic rings. The first-order valence-corrected chi connectivity index (χ1v) is 9.89. The highest BCUT2D eigenvalue weighted by molar-refractivity contribution is 6.42. The Kier molecular flexibility index (Phi) is 5.28. The van der Waals surface area contributed by atoms with E-state index < -0.39 is 0 Å². The molecule has 0 unspecified atom stereocenters. The lowest BCUT2D eigenvalue weighted by atomic mass is 9.97.